The quantitative estimate of drug-likeness (QED) is 0.104. The minimum atomic E-state index is -2.14. The van der Waals surface area contributed by atoms with Crippen LogP contribution >= 0.6 is 23.7 Å². The van der Waals surface area contributed by atoms with E-state index in [1.54, 1.807) is 86.8 Å². The Bertz CT molecular complexity index is 2070. The molecule has 1 amide bonds. The first kappa shape index (κ1) is 41.4. The predicted molar refractivity (Wildman–Crippen MR) is 186 cm³/mol. The lowest BCUT2D eigenvalue weighted by molar-refractivity contribution is -0.721. The molecule has 2 heterocycles. The second kappa shape index (κ2) is 17.5. The van der Waals surface area contributed by atoms with Gasteiger partial charge in [0.2, 0.25) is 5.82 Å². The number of amides is 1. The fourth-order valence-corrected chi connectivity index (χ4v) is 6.34. The zero-order valence-corrected chi connectivity index (χ0v) is 30.9. The van der Waals surface area contributed by atoms with Crippen LogP contribution < -0.4 is 27.0 Å². The lowest BCUT2D eigenvalue weighted by atomic mass is 9.81. The number of nitriles is 1. The number of benzene rings is 3. The van der Waals surface area contributed by atoms with Crippen LogP contribution in [0.5, 0.6) is 6.01 Å². The number of hydrogen-bond donors (Lipinski definition) is 3. The van der Waals surface area contributed by atoms with Gasteiger partial charge in [0.25, 0.3) is 0 Å². The highest BCUT2D eigenvalue weighted by molar-refractivity contribution is 7.10. The number of hydrogen-bond acceptors (Lipinski definition) is 10. The van der Waals surface area contributed by atoms with E-state index in [1.807, 2.05) is 0 Å². The van der Waals surface area contributed by atoms with Crippen molar-refractivity contribution < 1.29 is 49.9 Å². The molecular weight excluding hydrogens is 739 g/mol. The SMILES string of the molecule is CC(=O)OC(c1ccccc1NC(=O)Oc1n[nH]c(C)[n+]1C[C@](O)(c1cc(F)ccc1F)[C@@H](C)c1nc(-c2ccc(C#N)cc2)cs1)N(C)C.Cl.[Cl-]. The van der Waals surface area contributed by atoms with E-state index in [-0.39, 0.29) is 36.4 Å². The number of aliphatic hydroxyl groups is 1. The molecule has 1 unspecified atom stereocenters. The number of aromatic amines is 1. The Labute approximate surface area is 314 Å². The summed E-state index contributed by atoms with van der Waals surface area (Å²) >= 11 is 1.22. The summed E-state index contributed by atoms with van der Waals surface area (Å²) in [6.45, 7) is 4.08. The van der Waals surface area contributed by atoms with Gasteiger partial charge in [0.05, 0.1) is 33.1 Å². The topological polar surface area (TPSA) is 157 Å². The number of aromatic nitrogens is 4. The second-order valence-electron chi connectivity index (χ2n) is 11.7. The zero-order valence-electron chi connectivity index (χ0n) is 28.6. The molecular formula is C35H35Cl2F2N7O5S. The van der Waals surface area contributed by atoms with Crippen molar-refractivity contribution in [2.75, 3.05) is 19.4 Å². The number of para-hydroxylation sites is 1. The molecule has 0 radical (unpaired) electrons. The number of aryl methyl sites for hydroxylation is 1. The van der Waals surface area contributed by atoms with E-state index < -0.39 is 48.0 Å². The number of halogens is 4. The molecule has 274 valence electrons. The van der Waals surface area contributed by atoms with E-state index in [0.717, 1.165) is 23.8 Å². The number of H-pyrrole nitrogens is 1. The molecule has 2 aromatic heterocycles. The second-order valence-corrected chi connectivity index (χ2v) is 12.6. The molecule has 0 bridgehead atoms. The average Bonchev–Trinajstić information content (AvgIpc) is 3.71. The molecule has 3 aromatic carbocycles. The monoisotopic (exact) mass is 773 g/mol. The molecule has 52 heavy (non-hydrogen) atoms. The first-order chi connectivity index (χ1) is 23.8. The Kier molecular flexibility index (Phi) is 13.9. The Morgan fingerprint density at radius 2 is 1.85 bits per heavy atom. The Hall–Kier alpha value is -4.98. The van der Waals surface area contributed by atoms with Crippen LogP contribution in [0.4, 0.5) is 19.3 Å². The smallest absolute Gasteiger partial charge is 0.477 e. The largest absolute Gasteiger partial charge is 1.00 e. The lowest BCUT2D eigenvalue weighted by Gasteiger charge is -2.33. The molecule has 0 aliphatic carbocycles. The van der Waals surface area contributed by atoms with Gasteiger partial charge >= 0.3 is 18.1 Å². The van der Waals surface area contributed by atoms with Crippen molar-refractivity contribution in [1.82, 2.24) is 20.1 Å². The van der Waals surface area contributed by atoms with E-state index in [2.05, 4.69) is 21.6 Å². The summed E-state index contributed by atoms with van der Waals surface area (Å²) in [5.74, 6) is -2.73. The van der Waals surface area contributed by atoms with Crippen LogP contribution in [0.1, 0.15) is 53.5 Å². The molecule has 3 atom stereocenters. The van der Waals surface area contributed by atoms with Crippen LogP contribution in [0.15, 0.2) is 72.1 Å². The zero-order chi connectivity index (χ0) is 36.2. The minimum absolute atomic E-state index is 0. The first-order valence-electron chi connectivity index (χ1n) is 15.3. The molecule has 0 spiro atoms. The Morgan fingerprint density at radius 3 is 2.50 bits per heavy atom. The third kappa shape index (κ3) is 9.08. The Morgan fingerprint density at radius 1 is 1.15 bits per heavy atom. The van der Waals surface area contributed by atoms with Crippen molar-refractivity contribution in [2.24, 2.45) is 0 Å². The van der Waals surface area contributed by atoms with Crippen molar-refractivity contribution in [2.45, 2.75) is 45.1 Å². The molecule has 0 aliphatic heterocycles. The highest BCUT2D eigenvalue weighted by atomic mass is 35.5. The summed E-state index contributed by atoms with van der Waals surface area (Å²) < 4.78 is 42.4. The number of anilines is 1. The number of rotatable bonds is 11. The highest BCUT2D eigenvalue weighted by Gasteiger charge is 2.44. The van der Waals surface area contributed by atoms with Crippen LogP contribution in [0.3, 0.4) is 0 Å². The van der Waals surface area contributed by atoms with Gasteiger partial charge in [-0.25, -0.2) is 18.6 Å². The maximum absolute atomic E-state index is 15.5. The standard InChI is InChI=1S/C35H33F2N7O5S.2ClH/c1-20(31-39-30(18-50-31)24-12-10-23(17-38)11-13-24)35(47,27-16-25(36)14-15-28(27)37)19-44-21(2)41-42-33(44)49-34(46)40-29-9-7-6-8-26(29)32(43(4)5)48-22(3)45;;/h6-16,18,20,32,47H,19H2,1-5H3,(H,40,46);2*1H/t20-,32?,35+;;/m0../s1. The number of nitrogens with one attached hydrogen (secondary N) is 2. The number of carbonyl (C=O) groups excluding carboxylic acids is 2. The highest BCUT2D eigenvalue weighted by Crippen LogP contribution is 2.41. The number of ether oxygens (including phenoxy) is 2. The molecule has 0 saturated carbocycles. The van der Waals surface area contributed by atoms with Gasteiger partial charge in [0.1, 0.15) is 23.8 Å². The van der Waals surface area contributed by atoms with Gasteiger partial charge in [0, 0.05) is 41.8 Å². The van der Waals surface area contributed by atoms with Crippen LogP contribution in [0.2, 0.25) is 0 Å². The van der Waals surface area contributed by atoms with Gasteiger partial charge in [0.15, 0.2) is 6.23 Å². The van der Waals surface area contributed by atoms with Crippen molar-refractivity contribution >= 4 is 41.5 Å². The summed E-state index contributed by atoms with van der Waals surface area (Å²) in [4.78, 5) is 31.4. The van der Waals surface area contributed by atoms with Crippen molar-refractivity contribution in [3.63, 3.8) is 0 Å². The van der Waals surface area contributed by atoms with E-state index in [0.29, 0.717) is 33.3 Å². The molecule has 5 rings (SSSR count). The van der Waals surface area contributed by atoms with Crippen LogP contribution in [-0.2, 0) is 21.7 Å². The summed E-state index contributed by atoms with van der Waals surface area (Å²) in [6.07, 6.45) is -1.78. The average molecular weight is 775 g/mol. The van der Waals surface area contributed by atoms with E-state index in [1.165, 1.54) is 22.8 Å². The van der Waals surface area contributed by atoms with Crippen molar-refractivity contribution in [1.29, 1.82) is 5.26 Å². The van der Waals surface area contributed by atoms with Gasteiger partial charge in [-0.05, 0) is 50.5 Å². The lowest BCUT2D eigenvalue weighted by Crippen LogP contribution is -3.00. The molecule has 17 heteroatoms. The summed E-state index contributed by atoms with van der Waals surface area (Å²) in [6, 6.07) is 18.1. The normalized spacial score (nSPS) is 13.1. The van der Waals surface area contributed by atoms with E-state index in [9.17, 15) is 19.1 Å². The van der Waals surface area contributed by atoms with Crippen molar-refractivity contribution in [3.8, 4) is 23.3 Å². The fraction of sp³-hybridized carbons (Fsp3) is 0.257. The Balaban J connectivity index is 0.00000364. The number of carbonyl (C=O) groups is 2. The summed E-state index contributed by atoms with van der Waals surface area (Å²) in [5, 5.41) is 33.2. The first-order valence-corrected chi connectivity index (χ1v) is 16.2. The molecule has 12 nitrogen and oxygen atoms in total. The van der Waals surface area contributed by atoms with E-state index >= 15 is 4.39 Å². The van der Waals surface area contributed by atoms with Gasteiger partial charge < -0.3 is 27.0 Å². The maximum Gasteiger partial charge on any atom is 0.477 e. The van der Waals surface area contributed by atoms with Gasteiger partial charge in [-0.2, -0.15) is 9.83 Å². The predicted octanol–water partition coefficient (Wildman–Crippen LogP) is 3.13. The van der Waals surface area contributed by atoms with Gasteiger partial charge in [-0.15, -0.1) is 28.8 Å². The number of thiazole rings is 1. The molecule has 5 aromatic rings. The molecule has 0 aliphatic rings. The van der Waals surface area contributed by atoms with Crippen molar-refractivity contribution in [3.05, 3.63) is 111 Å². The maximum atomic E-state index is 15.5. The minimum Gasteiger partial charge on any atom is -1.00 e. The number of esters is 1. The van der Waals surface area contributed by atoms with Crippen LogP contribution in [0.25, 0.3) is 11.3 Å². The summed E-state index contributed by atoms with van der Waals surface area (Å²) in [7, 11) is 3.42. The van der Waals surface area contributed by atoms with Crippen LogP contribution in [0, 0.1) is 29.9 Å². The molecule has 0 fully saturated rings. The van der Waals surface area contributed by atoms with Crippen LogP contribution in [-0.4, -0.2) is 51.3 Å². The summed E-state index contributed by atoms with van der Waals surface area (Å²) in [5.41, 5.74) is 0.0768. The van der Waals surface area contributed by atoms with Gasteiger partial charge in [-0.3, -0.25) is 15.0 Å². The molecule has 3 N–H and O–H groups in total. The fourth-order valence-electron chi connectivity index (χ4n) is 5.37. The molecule has 0 saturated heterocycles. The third-order valence-corrected chi connectivity index (χ3v) is 9.08. The van der Waals surface area contributed by atoms with Gasteiger partial charge in [-0.1, -0.05) is 37.3 Å². The third-order valence-electron chi connectivity index (χ3n) is 8.06. The van der Waals surface area contributed by atoms with E-state index in [4.69, 9.17) is 19.7 Å². The number of nitrogens with zero attached hydrogens (tertiary/aromatic N) is 5.